The van der Waals surface area contributed by atoms with Gasteiger partial charge in [-0.3, -0.25) is 0 Å². The molecule has 0 aliphatic carbocycles. The minimum Gasteiger partial charge on any atom is -0.491 e. The van der Waals surface area contributed by atoms with Crippen LogP contribution < -0.4 is 4.74 Å². The second-order valence-electron chi connectivity index (χ2n) is 11.9. The standard InChI is InChI=1S/C38H38ClFO7/c1-4-43-33-18-15-28(20-32(33)40)19-29-21-30(16-17-31(29)39)38-35(45-23-27-13-9-6-10-14-27)34(44-22-26-11-7-5-8-12-26)25(2)37(47-38,24-46-38)36(41)42-3/h5-18,20-21,25,34-35H,4,19,22-24H2,1-3H3/t25-,34-,35+,37-,38-/m0/s1. The van der Waals surface area contributed by atoms with Crippen LogP contribution in [0.3, 0.4) is 0 Å². The van der Waals surface area contributed by atoms with Gasteiger partial charge in [-0.25, -0.2) is 9.18 Å². The third-order valence-electron chi connectivity index (χ3n) is 8.96. The Balaban J connectivity index is 1.41. The largest absolute Gasteiger partial charge is 0.491 e. The highest BCUT2D eigenvalue weighted by atomic mass is 35.5. The second-order valence-corrected chi connectivity index (χ2v) is 12.3. The van der Waals surface area contributed by atoms with Crippen LogP contribution >= 0.6 is 11.6 Å². The molecule has 4 aromatic carbocycles. The number of esters is 1. The number of benzene rings is 4. The summed E-state index contributed by atoms with van der Waals surface area (Å²) >= 11 is 6.72. The van der Waals surface area contributed by atoms with Crippen LogP contribution in [-0.2, 0) is 53.9 Å². The molecule has 2 heterocycles. The Morgan fingerprint density at radius 3 is 2.23 bits per heavy atom. The van der Waals surface area contributed by atoms with E-state index in [9.17, 15) is 9.18 Å². The van der Waals surface area contributed by atoms with Crippen LogP contribution in [0.5, 0.6) is 5.75 Å². The quantitative estimate of drug-likeness (QED) is 0.147. The molecule has 2 fully saturated rings. The molecule has 2 aliphatic heterocycles. The summed E-state index contributed by atoms with van der Waals surface area (Å²) in [6, 6.07) is 29.9. The molecule has 0 saturated carbocycles. The van der Waals surface area contributed by atoms with Crippen LogP contribution in [0, 0.1) is 11.7 Å². The first kappa shape index (κ1) is 33.1. The Morgan fingerprint density at radius 1 is 0.915 bits per heavy atom. The van der Waals surface area contributed by atoms with E-state index in [0.29, 0.717) is 34.7 Å². The maximum Gasteiger partial charge on any atom is 0.341 e. The van der Waals surface area contributed by atoms with Crippen molar-refractivity contribution in [3.05, 3.63) is 136 Å². The molecule has 5 atom stereocenters. The number of carbonyl (C=O) groups is 1. The number of fused-ring (bicyclic) bond motifs is 2. The van der Waals surface area contributed by atoms with Crippen LogP contribution in [0.15, 0.2) is 97.1 Å². The lowest BCUT2D eigenvalue weighted by atomic mass is 9.77. The summed E-state index contributed by atoms with van der Waals surface area (Å²) in [5.74, 6) is -2.87. The van der Waals surface area contributed by atoms with E-state index in [-0.39, 0.29) is 25.6 Å². The highest BCUT2D eigenvalue weighted by Gasteiger charge is 2.71. The van der Waals surface area contributed by atoms with Crippen LogP contribution in [0.25, 0.3) is 0 Å². The van der Waals surface area contributed by atoms with Gasteiger partial charge in [0, 0.05) is 16.5 Å². The molecule has 0 N–H and O–H groups in total. The third kappa shape index (κ3) is 6.53. The lowest BCUT2D eigenvalue weighted by molar-refractivity contribution is -0.330. The van der Waals surface area contributed by atoms with Crippen molar-refractivity contribution in [2.24, 2.45) is 5.92 Å². The summed E-state index contributed by atoms with van der Waals surface area (Å²) < 4.78 is 52.2. The monoisotopic (exact) mass is 660 g/mol. The summed E-state index contributed by atoms with van der Waals surface area (Å²) in [7, 11) is 1.33. The van der Waals surface area contributed by atoms with Crippen LogP contribution in [0.2, 0.25) is 5.02 Å². The van der Waals surface area contributed by atoms with Gasteiger partial charge in [-0.2, -0.15) is 0 Å². The van der Waals surface area contributed by atoms with Gasteiger partial charge in [-0.05, 0) is 59.9 Å². The zero-order valence-corrected chi connectivity index (χ0v) is 27.4. The van der Waals surface area contributed by atoms with Gasteiger partial charge in [0.1, 0.15) is 6.10 Å². The third-order valence-corrected chi connectivity index (χ3v) is 9.33. The first-order valence-electron chi connectivity index (χ1n) is 15.7. The first-order valence-corrected chi connectivity index (χ1v) is 16.1. The number of rotatable bonds is 12. The van der Waals surface area contributed by atoms with E-state index in [4.69, 9.17) is 40.0 Å². The van der Waals surface area contributed by atoms with E-state index >= 15 is 0 Å². The van der Waals surface area contributed by atoms with Crippen LogP contribution in [-0.4, -0.2) is 44.1 Å². The zero-order chi connectivity index (χ0) is 33.0. The van der Waals surface area contributed by atoms with Gasteiger partial charge in [-0.15, -0.1) is 0 Å². The van der Waals surface area contributed by atoms with Gasteiger partial charge in [0.05, 0.1) is 39.6 Å². The number of methoxy groups -OCH3 is 1. The van der Waals surface area contributed by atoms with Gasteiger partial charge in [-0.1, -0.05) is 91.3 Å². The van der Waals surface area contributed by atoms with Gasteiger partial charge in [0.15, 0.2) is 17.2 Å². The van der Waals surface area contributed by atoms with Crippen molar-refractivity contribution in [1.29, 1.82) is 0 Å². The van der Waals surface area contributed by atoms with E-state index in [1.807, 2.05) is 79.7 Å². The van der Waals surface area contributed by atoms with E-state index in [1.54, 1.807) is 25.1 Å². The molecule has 2 saturated heterocycles. The first-order chi connectivity index (χ1) is 22.8. The molecule has 0 unspecified atom stereocenters. The highest BCUT2D eigenvalue weighted by Crippen LogP contribution is 2.54. The molecular weight excluding hydrogens is 623 g/mol. The summed E-state index contributed by atoms with van der Waals surface area (Å²) in [6.45, 7) is 4.53. The van der Waals surface area contributed by atoms with Crippen molar-refractivity contribution in [1.82, 2.24) is 0 Å². The van der Waals surface area contributed by atoms with Crippen molar-refractivity contribution >= 4 is 17.6 Å². The number of ether oxygens (including phenoxy) is 6. The molecular formula is C38H38ClFO7. The average Bonchev–Trinajstić information content (AvgIpc) is 3.47. The Hall–Kier alpha value is -3.79. The molecule has 0 radical (unpaired) electrons. The van der Waals surface area contributed by atoms with Gasteiger partial charge < -0.3 is 28.4 Å². The number of hydrogen-bond acceptors (Lipinski definition) is 7. The molecule has 0 amide bonds. The summed E-state index contributed by atoms with van der Waals surface area (Å²) in [4.78, 5) is 13.5. The molecule has 2 aliphatic rings. The maximum absolute atomic E-state index is 14.8. The molecule has 0 aromatic heterocycles. The van der Waals surface area contributed by atoms with Crippen LogP contribution in [0.1, 0.15) is 41.7 Å². The normalized spacial score (nSPS) is 25.0. The number of hydrogen-bond donors (Lipinski definition) is 0. The van der Waals surface area contributed by atoms with Crippen LogP contribution in [0.4, 0.5) is 4.39 Å². The predicted octanol–water partition coefficient (Wildman–Crippen LogP) is 7.40. The summed E-state index contributed by atoms with van der Waals surface area (Å²) in [5.41, 5.74) is 2.48. The fourth-order valence-electron chi connectivity index (χ4n) is 6.46. The fraction of sp³-hybridized carbons (Fsp3) is 0.342. The smallest absolute Gasteiger partial charge is 0.341 e. The Morgan fingerprint density at radius 2 is 1.60 bits per heavy atom. The molecule has 47 heavy (non-hydrogen) atoms. The van der Waals surface area contributed by atoms with Crippen molar-refractivity contribution in [3.63, 3.8) is 0 Å². The lowest BCUT2D eigenvalue weighted by Gasteiger charge is -2.49. The minimum absolute atomic E-state index is 0.0701. The van der Waals surface area contributed by atoms with E-state index < -0.39 is 41.3 Å². The molecule has 4 aromatic rings. The molecule has 0 spiro atoms. The zero-order valence-electron chi connectivity index (χ0n) is 26.6. The van der Waals surface area contributed by atoms with Crippen molar-refractivity contribution < 1.29 is 37.6 Å². The fourth-order valence-corrected chi connectivity index (χ4v) is 6.64. The topological polar surface area (TPSA) is 72.5 Å². The van der Waals surface area contributed by atoms with Gasteiger partial charge >= 0.3 is 5.97 Å². The predicted molar refractivity (Wildman–Crippen MR) is 174 cm³/mol. The van der Waals surface area contributed by atoms with Gasteiger partial charge in [0.25, 0.3) is 0 Å². The Kier molecular flexibility index (Phi) is 9.96. The number of halogens is 2. The Bertz CT molecular complexity index is 1690. The summed E-state index contributed by atoms with van der Waals surface area (Å²) in [6.07, 6.45) is -1.12. The summed E-state index contributed by atoms with van der Waals surface area (Å²) in [5, 5.41) is 0.486. The molecule has 246 valence electrons. The second kappa shape index (κ2) is 14.1. The average molecular weight is 661 g/mol. The SMILES string of the molecule is CCOc1ccc(Cc2cc([C@]34OC[C@](C(=O)OC)(O3)[C@@H](C)[C@H](OCc3ccccc3)[C@H]4OCc3ccccc3)ccc2Cl)cc1F. The van der Waals surface area contributed by atoms with E-state index in [1.165, 1.54) is 13.2 Å². The maximum atomic E-state index is 14.8. The number of carbonyl (C=O) groups excluding carboxylic acids is 1. The van der Waals surface area contributed by atoms with Gasteiger partial charge in [0.2, 0.25) is 5.79 Å². The van der Waals surface area contributed by atoms with Crippen molar-refractivity contribution in [2.45, 2.75) is 57.1 Å². The highest BCUT2D eigenvalue weighted by molar-refractivity contribution is 6.31. The Labute approximate surface area is 279 Å². The molecule has 6 rings (SSSR count). The minimum atomic E-state index is -1.56. The molecule has 7 nitrogen and oxygen atoms in total. The van der Waals surface area contributed by atoms with Crippen molar-refractivity contribution in [2.75, 3.05) is 20.3 Å². The molecule has 9 heteroatoms. The van der Waals surface area contributed by atoms with E-state index in [0.717, 1.165) is 11.1 Å². The van der Waals surface area contributed by atoms with E-state index in [2.05, 4.69) is 0 Å². The van der Waals surface area contributed by atoms with Crippen molar-refractivity contribution in [3.8, 4) is 5.75 Å². The molecule has 2 bridgehead atoms. The lowest BCUT2D eigenvalue weighted by Crippen LogP contribution is -2.64.